The number of alkyl halides is 4. The number of rotatable bonds is 5. The highest BCUT2D eigenvalue weighted by atomic mass is 32.2. The topological polar surface area (TPSA) is 85.1 Å². The van der Waals surface area contributed by atoms with E-state index in [1.54, 1.807) is 0 Å². The van der Waals surface area contributed by atoms with Crippen molar-refractivity contribution >= 4 is 15.7 Å². The Morgan fingerprint density at radius 1 is 1.44 bits per heavy atom. The van der Waals surface area contributed by atoms with Crippen molar-refractivity contribution in [3.05, 3.63) is 18.3 Å². The zero-order chi connectivity index (χ0) is 14.0. The normalized spacial score (nSPS) is 12.9. The summed E-state index contributed by atoms with van der Waals surface area (Å²) in [6, 6.07) is 2.52. The number of sulfonamides is 1. The summed E-state index contributed by atoms with van der Waals surface area (Å²) in [6.45, 7) is -1.73. The molecule has 0 radical (unpaired) electrons. The van der Waals surface area contributed by atoms with E-state index in [9.17, 15) is 26.0 Å². The number of nitrogens with zero attached hydrogens (tertiary/aromatic N) is 1. The minimum absolute atomic E-state index is 0.273. The molecule has 3 N–H and O–H groups in total. The highest BCUT2D eigenvalue weighted by Crippen LogP contribution is 2.22. The van der Waals surface area contributed by atoms with Gasteiger partial charge in [-0.1, -0.05) is 0 Å². The summed E-state index contributed by atoms with van der Waals surface area (Å²) in [5.41, 5.74) is 5.02. The Balaban J connectivity index is 2.88. The number of anilines is 1. The third-order valence-corrected chi connectivity index (χ3v) is 3.25. The largest absolute Gasteiger partial charge is 0.396 e. The quantitative estimate of drug-likeness (QED) is 0.786. The third-order valence-electron chi connectivity index (χ3n) is 1.87. The molecule has 0 aliphatic carbocycles. The van der Waals surface area contributed by atoms with Crippen molar-refractivity contribution < 1.29 is 26.0 Å². The fraction of sp³-hybridized carbons (Fsp3) is 0.375. The van der Waals surface area contributed by atoms with Crippen LogP contribution in [0.15, 0.2) is 23.4 Å². The monoisotopic (exact) mass is 287 g/mol. The first-order valence-corrected chi connectivity index (χ1v) is 6.01. The molecule has 0 saturated carbocycles. The summed E-state index contributed by atoms with van der Waals surface area (Å²) < 4.78 is 73.1. The molecule has 0 bridgehead atoms. The molecule has 1 rings (SSSR count). The van der Waals surface area contributed by atoms with Gasteiger partial charge >= 0.3 is 12.3 Å². The molecule has 18 heavy (non-hydrogen) atoms. The summed E-state index contributed by atoms with van der Waals surface area (Å²) in [4.78, 5) is 3.39. The molecule has 10 heteroatoms. The number of nitrogen functional groups attached to an aromatic ring is 1. The zero-order valence-corrected chi connectivity index (χ0v) is 9.59. The van der Waals surface area contributed by atoms with Crippen LogP contribution in [0, 0.1) is 0 Å². The van der Waals surface area contributed by atoms with Crippen LogP contribution in [0.5, 0.6) is 0 Å². The maximum absolute atomic E-state index is 12.6. The van der Waals surface area contributed by atoms with E-state index in [-0.39, 0.29) is 5.69 Å². The van der Waals surface area contributed by atoms with Gasteiger partial charge in [-0.25, -0.2) is 26.9 Å². The fourth-order valence-electron chi connectivity index (χ4n) is 0.965. The van der Waals surface area contributed by atoms with Crippen LogP contribution in [0.3, 0.4) is 0 Å². The predicted molar refractivity (Wildman–Crippen MR) is 54.8 cm³/mol. The van der Waals surface area contributed by atoms with Gasteiger partial charge in [0.25, 0.3) is 10.0 Å². The molecule has 0 fully saturated rings. The minimum atomic E-state index is -4.46. The number of aromatic nitrogens is 1. The van der Waals surface area contributed by atoms with Gasteiger partial charge in [0.15, 0.2) is 5.03 Å². The van der Waals surface area contributed by atoms with Crippen LogP contribution in [0.4, 0.5) is 23.2 Å². The van der Waals surface area contributed by atoms with Crippen molar-refractivity contribution in [2.24, 2.45) is 0 Å². The van der Waals surface area contributed by atoms with Crippen LogP contribution >= 0.6 is 0 Å². The Morgan fingerprint density at radius 3 is 2.56 bits per heavy atom. The molecule has 0 aliphatic rings. The first-order valence-electron chi connectivity index (χ1n) is 4.53. The van der Waals surface area contributed by atoms with Crippen LogP contribution in [-0.2, 0) is 10.0 Å². The first-order chi connectivity index (χ1) is 8.17. The van der Waals surface area contributed by atoms with Crippen molar-refractivity contribution in [3.8, 4) is 0 Å². The number of pyridine rings is 1. The number of nitrogens with two attached hydrogens (primary N) is 1. The summed E-state index contributed by atoms with van der Waals surface area (Å²) in [6.07, 6.45) is -2.89. The van der Waals surface area contributed by atoms with Crippen LogP contribution in [0.1, 0.15) is 0 Å². The van der Waals surface area contributed by atoms with Gasteiger partial charge in [-0.05, 0) is 12.1 Å². The molecule has 1 aromatic rings. The Hall–Kier alpha value is -1.42. The van der Waals surface area contributed by atoms with Gasteiger partial charge in [0.2, 0.25) is 0 Å². The van der Waals surface area contributed by atoms with Gasteiger partial charge in [0.1, 0.15) is 0 Å². The Morgan fingerprint density at radius 2 is 2.06 bits per heavy atom. The van der Waals surface area contributed by atoms with Gasteiger partial charge in [-0.2, -0.15) is 8.78 Å². The van der Waals surface area contributed by atoms with Gasteiger partial charge < -0.3 is 5.73 Å². The lowest BCUT2D eigenvalue weighted by Gasteiger charge is -2.15. The highest BCUT2D eigenvalue weighted by Gasteiger charge is 2.41. The van der Waals surface area contributed by atoms with E-state index >= 15 is 0 Å². The lowest BCUT2D eigenvalue weighted by Crippen LogP contribution is -2.41. The van der Waals surface area contributed by atoms with Gasteiger partial charge in [0, 0.05) is 6.20 Å². The van der Waals surface area contributed by atoms with Crippen LogP contribution in [0.2, 0.25) is 0 Å². The number of hydrogen-bond donors (Lipinski definition) is 2. The predicted octanol–water partition coefficient (Wildman–Crippen LogP) is 0.843. The van der Waals surface area contributed by atoms with Crippen LogP contribution < -0.4 is 10.5 Å². The summed E-state index contributed by atoms with van der Waals surface area (Å²) in [5.74, 6) is -4.46. The standard InChI is InChI=1S/C8H9F4N3O2S/c9-7(10)8(11,12)4-15-18(16,17)6-5(13)2-1-3-14-6/h1-3,7,15H,4,13H2. The van der Waals surface area contributed by atoms with E-state index in [1.807, 2.05) is 0 Å². The lowest BCUT2D eigenvalue weighted by atomic mass is 10.4. The first kappa shape index (κ1) is 14.6. The number of hydrogen-bond acceptors (Lipinski definition) is 4. The molecule has 1 heterocycles. The van der Waals surface area contributed by atoms with E-state index in [0.29, 0.717) is 0 Å². The molecule has 0 unspecified atom stereocenters. The maximum Gasteiger partial charge on any atom is 0.320 e. The van der Waals surface area contributed by atoms with Crippen molar-refractivity contribution in [1.82, 2.24) is 9.71 Å². The zero-order valence-electron chi connectivity index (χ0n) is 8.78. The molecule has 1 aromatic heterocycles. The molecule has 0 atom stereocenters. The second-order valence-corrected chi connectivity index (χ2v) is 4.97. The maximum atomic E-state index is 12.6. The highest BCUT2D eigenvalue weighted by molar-refractivity contribution is 7.89. The second kappa shape index (κ2) is 5.06. The SMILES string of the molecule is Nc1cccnc1S(=O)(=O)NCC(F)(F)C(F)F. The Kier molecular flexibility index (Phi) is 4.12. The molecular weight excluding hydrogens is 278 g/mol. The summed E-state index contributed by atoms with van der Waals surface area (Å²) >= 11 is 0. The number of halogens is 4. The molecule has 0 aromatic carbocycles. The average Bonchev–Trinajstić information content (AvgIpc) is 2.27. The smallest absolute Gasteiger partial charge is 0.320 e. The fourth-order valence-corrected chi connectivity index (χ4v) is 2.06. The van der Waals surface area contributed by atoms with Crippen LogP contribution in [-0.4, -0.2) is 32.3 Å². The molecular formula is C8H9F4N3O2S. The molecule has 0 spiro atoms. The van der Waals surface area contributed by atoms with E-state index in [4.69, 9.17) is 5.73 Å². The third kappa shape index (κ3) is 3.29. The van der Waals surface area contributed by atoms with Crippen molar-refractivity contribution in [3.63, 3.8) is 0 Å². The van der Waals surface area contributed by atoms with Gasteiger partial charge in [0.05, 0.1) is 12.2 Å². The van der Waals surface area contributed by atoms with E-state index in [2.05, 4.69) is 4.98 Å². The Bertz CT molecular complexity index is 521. The van der Waals surface area contributed by atoms with Crippen molar-refractivity contribution in [2.45, 2.75) is 17.4 Å². The van der Waals surface area contributed by atoms with E-state index < -0.39 is 33.9 Å². The van der Waals surface area contributed by atoms with Crippen molar-refractivity contribution in [1.29, 1.82) is 0 Å². The lowest BCUT2D eigenvalue weighted by molar-refractivity contribution is -0.122. The molecule has 0 amide bonds. The summed E-state index contributed by atoms with van der Waals surface area (Å²) in [5, 5.41) is -0.685. The average molecular weight is 287 g/mol. The molecule has 0 aliphatic heterocycles. The van der Waals surface area contributed by atoms with Gasteiger partial charge in [-0.3, -0.25) is 0 Å². The molecule has 0 saturated heterocycles. The van der Waals surface area contributed by atoms with E-state index in [0.717, 1.165) is 6.20 Å². The molecule has 5 nitrogen and oxygen atoms in total. The van der Waals surface area contributed by atoms with Crippen LogP contribution in [0.25, 0.3) is 0 Å². The minimum Gasteiger partial charge on any atom is -0.396 e. The van der Waals surface area contributed by atoms with Gasteiger partial charge in [-0.15, -0.1) is 0 Å². The number of nitrogens with one attached hydrogen (secondary N) is 1. The summed E-state index contributed by atoms with van der Waals surface area (Å²) in [7, 11) is -4.46. The molecule has 102 valence electrons. The van der Waals surface area contributed by atoms with E-state index in [1.165, 1.54) is 16.9 Å². The second-order valence-electron chi connectivity index (χ2n) is 3.28. The Labute approximate surface area is 100 Å². The van der Waals surface area contributed by atoms with Crippen molar-refractivity contribution in [2.75, 3.05) is 12.3 Å².